The Hall–Kier alpha value is -0.0800. The van der Waals surface area contributed by atoms with Crippen molar-refractivity contribution in [2.24, 2.45) is 5.92 Å². The van der Waals surface area contributed by atoms with Gasteiger partial charge in [0.2, 0.25) is 0 Å². The third-order valence-corrected chi connectivity index (χ3v) is 3.32. The first-order valence-electron chi connectivity index (χ1n) is 6.40. The van der Waals surface area contributed by atoms with Crippen LogP contribution < -0.4 is 5.32 Å². The molecular weight excluding hydrogens is 184 g/mol. The molecule has 1 fully saturated rings. The van der Waals surface area contributed by atoms with E-state index in [0.29, 0.717) is 11.6 Å². The normalized spacial score (nSPS) is 27.2. The van der Waals surface area contributed by atoms with Gasteiger partial charge in [-0.3, -0.25) is 4.90 Å². The van der Waals surface area contributed by atoms with Gasteiger partial charge in [0.1, 0.15) is 0 Å². The van der Waals surface area contributed by atoms with Crippen molar-refractivity contribution in [3.8, 4) is 0 Å². The molecule has 0 aromatic heterocycles. The van der Waals surface area contributed by atoms with Crippen molar-refractivity contribution in [3.63, 3.8) is 0 Å². The lowest BCUT2D eigenvalue weighted by molar-refractivity contribution is 0.102. The van der Waals surface area contributed by atoms with Crippen LogP contribution in [0, 0.1) is 5.92 Å². The molecule has 0 amide bonds. The first-order chi connectivity index (χ1) is 6.91. The summed E-state index contributed by atoms with van der Waals surface area (Å²) in [5, 5.41) is 3.60. The number of nitrogens with one attached hydrogen (secondary N) is 1. The first-order valence-corrected chi connectivity index (χ1v) is 6.40. The predicted molar refractivity (Wildman–Crippen MR) is 67.2 cm³/mol. The van der Waals surface area contributed by atoms with E-state index in [1.807, 2.05) is 0 Å². The maximum Gasteiger partial charge on any atom is 0.0252 e. The van der Waals surface area contributed by atoms with Crippen LogP contribution in [-0.2, 0) is 0 Å². The summed E-state index contributed by atoms with van der Waals surface area (Å²) < 4.78 is 0. The summed E-state index contributed by atoms with van der Waals surface area (Å²) in [4.78, 5) is 2.64. The van der Waals surface area contributed by atoms with E-state index in [2.05, 4.69) is 44.8 Å². The average molecular weight is 212 g/mol. The molecule has 15 heavy (non-hydrogen) atoms. The van der Waals surface area contributed by atoms with E-state index in [1.165, 1.54) is 25.9 Å². The standard InChI is InChI=1S/C13H28N2/c1-11(2)7-6-8-15-10-13(4,5)14-9-12(15)3/h11-12,14H,6-10H2,1-5H3. The Bertz CT molecular complexity index is 187. The van der Waals surface area contributed by atoms with Crippen molar-refractivity contribution in [1.82, 2.24) is 10.2 Å². The van der Waals surface area contributed by atoms with Crippen molar-refractivity contribution in [2.45, 2.75) is 59.0 Å². The second-order valence-electron chi connectivity index (χ2n) is 6.12. The Morgan fingerprint density at radius 2 is 2.07 bits per heavy atom. The van der Waals surface area contributed by atoms with Crippen LogP contribution in [0.5, 0.6) is 0 Å². The summed E-state index contributed by atoms with van der Waals surface area (Å²) in [6.45, 7) is 15.1. The molecule has 0 saturated carbocycles. The average Bonchev–Trinajstić information content (AvgIpc) is 2.10. The summed E-state index contributed by atoms with van der Waals surface area (Å²) in [5.74, 6) is 0.844. The minimum Gasteiger partial charge on any atom is -0.309 e. The molecule has 1 heterocycles. The lowest BCUT2D eigenvalue weighted by atomic mass is 9.98. The Morgan fingerprint density at radius 1 is 1.40 bits per heavy atom. The highest BCUT2D eigenvalue weighted by Crippen LogP contribution is 2.16. The zero-order valence-corrected chi connectivity index (χ0v) is 11.1. The maximum atomic E-state index is 3.60. The highest BCUT2D eigenvalue weighted by Gasteiger charge is 2.29. The van der Waals surface area contributed by atoms with Gasteiger partial charge in [-0.15, -0.1) is 0 Å². The summed E-state index contributed by atoms with van der Waals surface area (Å²) in [5.41, 5.74) is 0.296. The molecule has 0 aromatic rings. The van der Waals surface area contributed by atoms with Crippen LogP contribution in [0.2, 0.25) is 0 Å². The summed E-state index contributed by atoms with van der Waals surface area (Å²) in [7, 11) is 0. The lowest BCUT2D eigenvalue weighted by Gasteiger charge is -2.43. The fourth-order valence-electron chi connectivity index (χ4n) is 2.27. The number of hydrogen-bond donors (Lipinski definition) is 1. The van der Waals surface area contributed by atoms with Crippen molar-refractivity contribution in [3.05, 3.63) is 0 Å². The summed E-state index contributed by atoms with van der Waals surface area (Å²) >= 11 is 0. The third-order valence-electron chi connectivity index (χ3n) is 3.32. The van der Waals surface area contributed by atoms with Crippen molar-refractivity contribution in [2.75, 3.05) is 19.6 Å². The molecule has 90 valence electrons. The van der Waals surface area contributed by atoms with Crippen LogP contribution in [0.25, 0.3) is 0 Å². The van der Waals surface area contributed by atoms with E-state index in [1.54, 1.807) is 0 Å². The molecule has 0 aliphatic carbocycles. The van der Waals surface area contributed by atoms with Gasteiger partial charge in [-0.05, 0) is 46.1 Å². The number of rotatable bonds is 4. The Labute approximate surface area is 95.4 Å². The fourth-order valence-corrected chi connectivity index (χ4v) is 2.27. The lowest BCUT2D eigenvalue weighted by Crippen LogP contribution is -2.60. The van der Waals surface area contributed by atoms with Crippen LogP contribution in [0.1, 0.15) is 47.5 Å². The van der Waals surface area contributed by atoms with Gasteiger partial charge in [0.25, 0.3) is 0 Å². The largest absolute Gasteiger partial charge is 0.309 e. The SMILES string of the molecule is CC(C)CCCN1CC(C)(C)NCC1C. The predicted octanol–water partition coefficient (Wildman–Crippen LogP) is 2.49. The molecule has 1 aliphatic heterocycles. The molecule has 1 saturated heterocycles. The zero-order chi connectivity index (χ0) is 11.5. The van der Waals surface area contributed by atoms with E-state index >= 15 is 0 Å². The number of nitrogens with zero attached hydrogens (tertiary/aromatic N) is 1. The van der Waals surface area contributed by atoms with E-state index in [-0.39, 0.29) is 0 Å². The van der Waals surface area contributed by atoms with Gasteiger partial charge in [0, 0.05) is 24.7 Å². The van der Waals surface area contributed by atoms with Gasteiger partial charge in [0.15, 0.2) is 0 Å². The van der Waals surface area contributed by atoms with Gasteiger partial charge in [0.05, 0.1) is 0 Å². The van der Waals surface area contributed by atoms with Crippen LogP contribution >= 0.6 is 0 Å². The Kier molecular flexibility index (Phi) is 4.60. The number of piperazine rings is 1. The minimum absolute atomic E-state index is 0.296. The first kappa shape index (κ1) is 13.0. The van der Waals surface area contributed by atoms with Gasteiger partial charge >= 0.3 is 0 Å². The van der Waals surface area contributed by atoms with Crippen molar-refractivity contribution in [1.29, 1.82) is 0 Å². The van der Waals surface area contributed by atoms with Crippen LogP contribution in [-0.4, -0.2) is 36.1 Å². The van der Waals surface area contributed by atoms with Gasteiger partial charge in [-0.25, -0.2) is 0 Å². The maximum absolute atomic E-state index is 3.60. The number of hydrogen-bond acceptors (Lipinski definition) is 2. The highest BCUT2D eigenvalue weighted by molar-refractivity contribution is 4.90. The fraction of sp³-hybridized carbons (Fsp3) is 1.00. The molecule has 2 heteroatoms. The molecular formula is C13H28N2. The van der Waals surface area contributed by atoms with E-state index in [0.717, 1.165) is 12.5 Å². The molecule has 0 radical (unpaired) electrons. The van der Waals surface area contributed by atoms with Gasteiger partial charge < -0.3 is 5.32 Å². The molecule has 1 unspecified atom stereocenters. The molecule has 2 nitrogen and oxygen atoms in total. The van der Waals surface area contributed by atoms with Crippen molar-refractivity contribution < 1.29 is 0 Å². The third kappa shape index (κ3) is 4.52. The molecule has 0 spiro atoms. The smallest absolute Gasteiger partial charge is 0.0252 e. The van der Waals surface area contributed by atoms with Crippen molar-refractivity contribution >= 4 is 0 Å². The second kappa shape index (κ2) is 5.31. The van der Waals surface area contributed by atoms with Gasteiger partial charge in [-0.1, -0.05) is 13.8 Å². The van der Waals surface area contributed by atoms with Crippen LogP contribution in [0.3, 0.4) is 0 Å². The zero-order valence-electron chi connectivity index (χ0n) is 11.1. The minimum atomic E-state index is 0.296. The molecule has 1 aliphatic rings. The Morgan fingerprint density at radius 3 is 2.67 bits per heavy atom. The molecule has 1 N–H and O–H groups in total. The monoisotopic (exact) mass is 212 g/mol. The Balaban J connectivity index is 2.32. The second-order valence-corrected chi connectivity index (χ2v) is 6.12. The van der Waals surface area contributed by atoms with E-state index < -0.39 is 0 Å². The van der Waals surface area contributed by atoms with E-state index in [4.69, 9.17) is 0 Å². The molecule has 0 bridgehead atoms. The van der Waals surface area contributed by atoms with E-state index in [9.17, 15) is 0 Å². The van der Waals surface area contributed by atoms with Gasteiger partial charge in [-0.2, -0.15) is 0 Å². The van der Waals surface area contributed by atoms with Crippen LogP contribution in [0.4, 0.5) is 0 Å². The van der Waals surface area contributed by atoms with Crippen LogP contribution in [0.15, 0.2) is 0 Å². The summed E-state index contributed by atoms with van der Waals surface area (Å²) in [6.07, 6.45) is 2.70. The quantitative estimate of drug-likeness (QED) is 0.770. The molecule has 1 atom stereocenters. The summed E-state index contributed by atoms with van der Waals surface area (Å²) in [6, 6.07) is 0.699. The molecule has 1 rings (SSSR count). The molecule has 0 aromatic carbocycles. The highest BCUT2D eigenvalue weighted by atomic mass is 15.2. The topological polar surface area (TPSA) is 15.3 Å².